The molecular weight excluding hydrogens is 871 g/mol. The fraction of sp³-hybridized carbons (Fsp3) is 0.143. The van der Waals surface area contributed by atoms with Crippen LogP contribution in [0, 0.1) is 21.9 Å². The molecule has 122 valence electrons. The van der Waals surface area contributed by atoms with Crippen molar-refractivity contribution >= 4 is 75.8 Å². The molecule has 2 heterocycles. The largest absolute Gasteiger partial charge is 2.00 e. The third-order valence-electron chi connectivity index (χ3n) is 1.71. The number of hydrogen-bond acceptors (Lipinski definition) is 0. The quantitative estimate of drug-likeness (QED) is 0.169. The monoisotopic (exact) mass is 879 g/mol. The second kappa shape index (κ2) is 31.8. The first-order chi connectivity index (χ1) is 10.0. The Morgan fingerprint density at radius 2 is 1.08 bits per heavy atom. The Balaban J connectivity index is -0.000000105. The summed E-state index contributed by atoms with van der Waals surface area (Å²) in [4.78, 5) is 11.1. The topological polar surface area (TPSA) is 0 Å². The second-order valence-electron chi connectivity index (χ2n) is 3.13. The SMILES string of the molecule is [C-]1=CC=CC1.[C-]1=CC=CC1.[C-]1=C[As][As]=[As]1.[C-]1=C[As][As]=[As]1.[Cl-].[Cl-].[Zr+2].[Zr+2]. The van der Waals surface area contributed by atoms with Crippen LogP contribution in [0.5, 0.6) is 0 Å². The van der Waals surface area contributed by atoms with Crippen LogP contribution in [0.2, 0.25) is 0 Å². The molecule has 24 heavy (non-hydrogen) atoms. The molecule has 0 saturated carbocycles. The van der Waals surface area contributed by atoms with Gasteiger partial charge >= 0.3 is 148 Å². The van der Waals surface area contributed by atoms with Crippen molar-refractivity contribution in [2.75, 3.05) is 0 Å². The van der Waals surface area contributed by atoms with Crippen molar-refractivity contribution < 1.29 is 77.2 Å². The maximum Gasteiger partial charge on any atom is 2.00 e. The third-order valence-corrected chi connectivity index (χ3v) is 37.6. The van der Waals surface area contributed by atoms with Gasteiger partial charge in [-0.25, -0.2) is 24.3 Å². The molecule has 0 saturated heterocycles. The minimum Gasteiger partial charge on any atom is -1.00 e. The zero-order valence-electron chi connectivity index (χ0n) is 12.5. The van der Waals surface area contributed by atoms with Crippen LogP contribution in [0.15, 0.2) is 46.2 Å². The van der Waals surface area contributed by atoms with E-state index in [0.717, 1.165) is 62.4 Å². The summed E-state index contributed by atoms with van der Waals surface area (Å²) in [6, 6.07) is 0. The third kappa shape index (κ3) is 28.3. The fourth-order valence-electron chi connectivity index (χ4n) is 0.939. The van der Waals surface area contributed by atoms with Gasteiger partial charge in [-0.2, -0.15) is 12.2 Å². The zero-order valence-corrected chi connectivity index (χ0v) is 30.2. The van der Waals surface area contributed by atoms with Crippen molar-refractivity contribution in [2.45, 2.75) is 12.8 Å². The summed E-state index contributed by atoms with van der Waals surface area (Å²) in [5.41, 5.74) is 0. The Morgan fingerprint density at radius 3 is 1.17 bits per heavy atom. The van der Waals surface area contributed by atoms with Gasteiger partial charge in [0.25, 0.3) is 0 Å². The van der Waals surface area contributed by atoms with E-state index in [-0.39, 0.29) is 77.2 Å². The van der Waals surface area contributed by atoms with Gasteiger partial charge in [0.2, 0.25) is 0 Å². The van der Waals surface area contributed by atoms with E-state index in [1.54, 1.807) is 0 Å². The molecule has 0 spiro atoms. The smallest absolute Gasteiger partial charge is 1.00 e. The molecule has 0 nitrogen and oxygen atoms in total. The number of hydrogen-bond donors (Lipinski definition) is 0. The Hall–Kier alpha value is 4.14. The molecule has 0 aromatic rings. The average Bonchev–Trinajstić information content (AvgIpc) is 3.40. The average molecular weight is 883 g/mol. The van der Waals surface area contributed by atoms with Crippen LogP contribution in [0.25, 0.3) is 0 Å². The van der Waals surface area contributed by atoms with Gasteiger partial charge in [-0.05, 0) is 0 Å². The first-order valence-corrected chi connectivity index (χ1v) is 30.6. The summed E-state index contributed by atoms with van der Waals surface area (Å²) in [6.45, 7) is 0. The molecule has 0 amide bonds. The minimum atomic E-state index is 0. The van der Waals surface area contributed by atoms with E-state index in [0.29, 0.717) is 26.3 Å². The molecule has 0 aromatic heterocycles. The predicted octanol–water partition coefficient (Wildman–Crippen LogP) is -4.95. The fourth-order valence-corrected chi connectivity index (χ4v) is 36.9. The molecule has 0 fully saturated rings. The molecule has 10 heteroatoms. The van der Waals surface area contributed by atoms with Crippen molar-refractivity contribution in [3.8, 4) is 0 Å². The minimum absolute atomic E-state index is 0. The Morgan fingerprint density at radius 1 is 0.667 bits per heavy atom. The van der Waals surface area contributed by atoms with Crippen LogP contribution in [0.1, 0.15) is 12.8 Å². The normalized spacial score (nSPS) is 19.3. The first kappa shape index (κ1) is 35.6. The van der Waals surface area contributed by atoms with Gasteiger partial charge in [0.1, 0.15) is 0 Å². The van der Waals surface area contributed by atoms with Crippen molar-refractivity contribution in [3.05, 3.63) is 68.1 Å². The van der Waals surface area contributed by atoms with E-state index in [1.807, 2.05) is 24.3 Å². The van der Waals surface area contributed by atoms with Crippen LogP contribution < -0.4 is 24.8 Å². The van der Waals surface area contributed by atoms with Gasteiger partial charge in [0.05, 0.1) is 0 Å². The Labute approximate surface area is 229 Å². The van der Waals surface area contributed by atoms with Crippen LogP contribution in [0.3, 0.4) is 0 Å². The van der Waals surface area contributed by atoms with E-state index >= 15 is 0 Å². The Kier molecular flexibility index (Phi) is 47.2. The summed E-state index contributed by atoms with van der Waals surface area (Å²) in [7, 11) is 0. The summed E-state index contributed by atoms with van der Waals surface area (Å²) in [6.07, 6.45) is 20.0. The summed E-state index contributed by atoms with van der Waals surface area (Å²) >= 11 is 4.62. The van der Waals surface area contributed by atoms with Crippen LogP contribution >= 0.6 is 0 Å². The van der Waals surface area contributed by atoms with Gasteiger partial charge in [0.15, 0.2) is 0 Å². The number of allylic oxidation sites excluding steroid dienone is 8. The molecule has 0 bridgehead atoms. The number of halogens is 2. The zero-order chi connectivity index (χ0) is 14.1. The second-order valence-corrected chi connectivity index (χ2v) is 41.4. The van der Waals surface area contributed by atoms with Crippen molar-refractivity contribution in [2.24, 2.45) is 0 Å². The maximum absolute atomic E-state index is 3.27. The van der Waals surface area contributed by atoms with Crippen molar-refractivity contribution in [3.63, 3.8) is 0 Å². The molecule has 4 aliphatic rings. The van der Waals surface area contributed by atoms with Gasteiger partial charge in [-0.15, -0.1) is 12.8 Å². The van der Waals surface area contributed by atoms with Crippen molar-refractivity contribution in [1.82, 2.24) is 0 Å². The molecule has 2 aliphatic heterocycles. The molecule has 4 rings (SSSR count). The van der Waals surface area contributed by atoms with E-state index in [2.05, 4.69) is 43.8 Å². The summed E-state index contributed by atoms with van der Waals surface area (Å²) in [5, 5.41) is 0. The molecule has 0 N–H and O–H groups in total. The Bertz CT molecular complexity index is 358. The molecule has 0 atom stereocenters. The van der Waals surface area contributed by atoms with E-state index in [1.165, 1.54) is 0 Å². The van der Waals surface area contributed by atoms with Crippen LogP contribution in [-0.4, -0.2) is 75.8 Å². The summed E-state index contributed by atoms with van der Waals surface area (Å²) in [5.74, 6) is 0. The molecule has 0 aromatic carbocycles. The van der Waals surface area contributed by atoms with Gasteiger partial charge in [0, 0.05) is 0 Å². The first-order valence-electron chi connectivity index (χ1n) is 5.78. The molecule has 0 unspecified atom stereocenters. The van der Waals surface area contributed by atoms with E-state index in [9.17, 15) is 0 Å². The number of rotatable bonds is 0. The van der Waals surface area contributed by atoms with Crippen LogP contribution in [-0.2, 0) is 52.4 Å². The molecule has 2 radical (unpaired) electrons. The molecule has 2 aliphatic carbocycles. The van der Waals surface area contributed by atoms with E-state index in [4.69, 9.17) is 0 Å². The van der Waals surface area contributed by atoms with Gasteiger partial charge in [-0.3, -0.25) is 12.2 Å². The van der Waals surface area contributed by atoms with Gasteiger partial charge < -0.3 is 24.8 Å². The standard InChI is InChI=1S/2C5H5.2C2HAs3.2ClH.2Zr/c4*1-2-4-5-3-1;;;;/h2*1-3H,4H2;2*1H;2*1H;;/q4*-1;;;2*+2/p-2. The van der Waals surface area contributed by atoms with E-state index < -0.39 is 0 Å². The van der Waals surface area contributed by atoms with Crippen LogP contribution in [0.4, 0.5) is 0 Å². The maximum atomic E-state index is 3.27. The predicted molar refractivity (Wildman–Crippen MR) is 93.3 cm³/mol. The van der Waals surface area contributed by atoms with Crippen molar-refractivity contribution in [1.29, 1.82) is 0 Å². The summed E-state index contributed by atoms with van der Waals surface area (Å²) < 4.78 is 0. The van der Waals surface area contributed by atoms with Gasteiger partial charge in [-0.1, -0.05) is 0 Å². The molecular formula is C14H12As6Cl2Zr2-2.